The van der Waals surface area contributed by atoms with Crippen LogP contribution in [0.4, 0.5) is 0 Å². The number of nitrogens with one attached hydrogen (secondary N) is 1. The Morgan fingerprint density at radius 3 is 2.83 bits per heavy atom. The quantitative estimate of drug-likeness (QED) is 0.889. The summed E-state index contributed by atoms with van der Waals surface area (Å²) >= 11 is 0. The van der Waals surface area contributed by atoms with Gasteiger partial charge in [-0.05, 0) is 11.6 Å². The van der Waals surface area contributed by atoms with E-state index in [2.05, 4.69) is 16.1 Å². The Morgan fingerprint density at radius 1 is 1.28 bits per heavy atom. The van der Waals surface area contributed by atoms with E-state index in [-0.39, 0.29) is 0 Å². The normalized spacial score (nSPS) is 14.1. The van der Waals surface area contributed by atoms with E-state index >= 15 is 0 Å². The number of hydrogen-bond donors (Lipinski definition) is 1. The molecule has 0 saturated heterocycles. The molecule has 4 heteroatoms. The van der Waals surface area contributed by atoms with Crippen molar-refractivity contribution in [3.8, 4) is 0 Å². The fraction of sp³-hybridized carbons (Fsp3) is 0.286. The second-order valence-corrected chi connectivity index (χ2v) is 4.66. The Bertz CT molecular complexity index is 585. The third-order valence-corrected chi connectivity index (χ3v) is 3.36. The Hall–Kier alpha value is -2.10. The van der Waals surface area contributed by atoms with E-state index in [0.29, 0.717) is 5.84 Å². The Morgan fingerprint density at radius 2 is 2.11 bits per heavy atom. The van der Waals surface area contributed by atoms with E-state index in [1.165, 1.54) is 5.56 Å². The number of nitrogens with zero attached hydrogens (tertiary/aromatic N) is 3. The van der Waals surface area contributed by atoms with Crippen molar-refractivity contribution in [2.24, 2.45) is 7.05 Å². The number of aromatic nitrogens is 2. The van der Waals surface area contributed by atoms with Crippen LogP contribution in [0.2, 0.25) is 0 Å². The molecule has 0 saturated carbocycles. The van der Waals surface area contributed by atoms with Gasteiger partial charge in [-0.3, -0.25) is 10.1 Å². The van der Waals surface area contributed by atoms with Crippen molar-refractivity contribution in [1.29, 1.82) is 5.41 Å². The van der Waals surface area contributed by atoms with Crippen molar-refractivity contribution in [1.82, 2.24) is 14.7 Å². The molecule has 0 atom stereocenters. The van der Waals surface area contributed by atoms with E-state index in [4.69, 9.17) is 5.41 Å². The van der Waals surface area contributed by atoms with E-state index < -0.39 is 0 Å². The molecule has 0 aliphatic carbocycles. The topological polar surface area (TPSA) is 44.9 Å². The molecule has 0 radical (unpaired) electrons. The molecule has 0 amide bonds. The molecular weight excluding hydrogens is 224 g/mol. The summed E-state index contributed by atoms with van der Waals surface area (Å²) in [7, 11) is 1.93. The third-order valence-electron chi connectivity index (χ3n) is 3.36. The molecule has 1 aromatic carbocycles. The van der Waals surface area contributed by atoms with Crippen LogP contribution in [-0.4, -0.2) is 27.1 Å². The molecule has 4 nitrogen and oxygen atoms in total. The molecule has 1 aliphatic rings. The Kier molecular flexibility index (Phi) is 2.63. The monoisotopic (exact) mass is 240 g/mol. The molecule has 92 valence electrons. The van der Waals surface area contributed by atoms with Crippen molar-refractivity contribution in [2.45, 2.75) is 13.0 Å². The molecule has 18 heavy (non-hydrogen) atoms. The first-order valence-corrected chi connectivity index (χ1v) is 6.14. The molecule has 0 unspecified atom stereocenters. The minimum atomic E-state index is 0.640. The average Bonchev–Trinajstić information content (AvgIpc) is 2.92. The molecule has 2 heterocycles. The highest BCUT2D eigenvalue weighted by molar-refractivity contribution is 6.00. The van der Waals surface area contributed by atoms with Crippen LogP contribution in [0.1, 0.15) is 16.8 Å². The summed E-state index contributed by atoms with van der Waals surface area (Å²) in [5.41, 5.74) is 3.41. The number of fused-ring (bicyclic) bond motifs is 1. The fourth-order valence-corrected chi connectivity index (χ4v) is 2.38. The SMILES string of the molecule is Cn1ccc(CCN2Cc3ccccc3C2=N)n1. The van der Waals surface area contributed by atoms with Crippen LogP contribution in [-0.2, 0) is 20.0 Å². The van der Waals surface area contributed by atoms with E-state index in [0.717, 1.165) is 30.8 Å². The molecule has 3 rings (SSSR count). The molecule has 0 bridgehead atoms. The van der Waals surface area contributed by atoms with Crippen molar-refractivity contribution < 1.29 is 0 Å². The van der Waals surface area contributed by atoms with Gasteiger partial charge in [-0.15, -0.1) is 0 Å². The number of rotatable bonds is 3. The zero-order chi connectivity index (χ0) is 12.5. The van der Waals surface area contributed by atoms with Crippen molar-refractivity contribution in [3.05, 3.63) is 53.3 Å². The van der Waals surface area contributed by atoms with Gasteiger partial charge in [0.2, 0.25) is 0 Å². The van der Waals surface area contributed by atoms with Crippen LogP contribution in [0.15, 0.2) is 36.5 Å². The predicted molar refractivity (Wildman–Crippen MR) is 70.6 cm³/mol. The van der Waals surface area contributed by atoms with Gasteiger partial charge in [-0.1, -0.05) is 24.3 Å². The number of hydrogen-bond acceptors (Lipinski definition) is 2. The minimum absolute atomic E-state index is 0.640. The highest BCUT2D eigenvalue weighted by Crippen LogP contribution is 2.22. The van der Waals surface area contributed by atoms with Crippen LogP contribution >= 0.6 is 0 Å². The molecular formula is C14H16N4. The lowest BCUT2D eigenvalue weighted by Gasteiger charge is -2.16. The summed E-state index contributed by atoms with van der Waals surface area (Å²) in [5.74, 6) is 0.640. The fourth-order valence-electron chi connectivity index (χ4n) is 2.38. The van der Waals surface area contributed by atoms with Gasteiger partial charge < -0.3 is 4.90 Å². The van der Waals surface area contributed by atoms with E-state index in [1.54, 1.807) is 0 Å². The summed E-state index contributed by atoms with van der Waals surface area (Å²) in [6.45, 7) is 1.70. The van der Waals surface area contributed by atoms with Gasteiger partial charge >= 0.3 is 0 Å². The zero-order valence-corrected chi connectivity index (χ0v) is 10.4. The van der Waals surface area contributed by atoms with Crippen molar-refractivity contribution >= 4 is 5.84 Å². The molecule has 1 aromatic heterocycles. The molecule has 0 spiro atoms. The molecule has 1 N–H and O–H groups in total. The lowest BCUT2D eigenvalue weighted by Crippen LogP contribution is -2.26. The largest absolute Gasteiger partial charge is 0.352 e. The second kappa shape index (κ2) is 4.29. The van der Waals surface area contributed by atoms with Gasteiger partial charge in [-0.2, -0.15) is 5.10 Å². The van der Waals surface area contributed by atoms with Crippen LogP contribution in [0.3, 0.4) is 0 Å². The van der Waals surface area contributed by atoms with Crippen LogP contribution in [0.5, 0.6) is 0 Å². The summed E-state index contributed by atoms with van der Waals surface area (Å²) < 4.78 is 1.82. The van der Waals surface area contributed by atoms with Gasteiger partial charge in [0.15, 0.2) is 0 Å². The van der Waals surface area contributed by atoms with Gasteiger partial charge in [0.1, 0.15) is 5.84 Å². The maximum absolute atomic E-state index is 8.16. The van der Waals surface area contributed by atoms with Crippen LogP contribution in [0, 0.1) is 5.41 Å². The third kappa shape index (κ3) is 1.90. The smallest absolute Gasteiger partial charge is 0.128 e. The highest BCUT2D eigenvalue weighted by atomic mass is 15.3. The Balaban J connectivity index is 1.68. The number of amidine groups is 1. The molecule has 0 fully saturated rings. The second-order valence-electron chi connectivity index (χ2n) is 4.66. The van der Waals surface area contributed by atoms with Gasteiger partial charge in [0.05, 0.1) is 5.69 Å². The van der Waals surface area contributed by atoms with E-state index in [1.807, 2.05) is 42.2 Å². The first-order valence-electron chi connectivity index (χ1n) is 6.14. The van der Waals surface area contributed by atoms with Crippen molar-refractivity contribution in [2.75, 3.05) is 6.54 Å². The maximum atomic E-state index is 8.16. The van der Waals surface area contributed by atoms with Crippen LogP contribution in [0.25, 0.3) is 0 Å². The van der Waals surface area contributed by atoms with E-state index in [9.17, 15) is 0 Å². The lowest BCUT2D eigenvalue weighted by atomic mass is 10.1. The van der Waals surface area contributed by atoms with Crippen molar-refractivity contribution in [3.63, 3.8) is 0 Å². The first kappa shape index (κ1) is 11.0. The minimum Gasteiger partial charge on any atom is -0.352 e. The molecule has 2 aromatic rings. The average molecular weight is 240 g/mol. The number of aryl methyl sites for hydroxylation is 1. The van der Waals surface area contributed by atoms with Gasteiger partial charge in [-0.25, -0.2) is 0 Å². The van der Waals surface area contributed by atoms with Crippen LogP contribution < -0.4 is 0 Å². The predicted octanol–water partition coefficient (Wildman–Crippen LogP) is 1.80. The van der Waals surface area contributed by atoms with Gasteiger partial charge in [0.25, 0.3) is 0 Å². The lowest BCUT2D eigenvalue weighted by molar-refractivity contribution is 0.429. The number of benzene rings is 1. The standard InChI is InChI=1S/C14H16N4/c1-17-8-6-12(16-17)7-9-18-10-11-4-2-3-5-13(11)14(18)15/h2-6,8,15H,7,9-10H2,1H3. The van der Waals surface area contributed by atoms with Gasteiger partial charge in [0, 0.05) is 38.3 Å². The molecule has 1 aliphatic heterocycles. The zero-order valence-electron chi connectivity index (χ0n) is 10.4. The highest BCUT2D eigenvalue weighted by Gasteiger charge is 2.22. The summed E-state index contributed by atoms with van der Waals surface area (Å²) in [5, 5.41) is 12.5. The maximum Gasteiger partial charge on any atom is 0.128 e. The summed E-state index contributed by atoms with van der Waals surface area (Å²) in [4.78, 5) is 2.11. The first-order chi connectivity index (χ1) is 8.74. The summed E-state index contributed by atoms with van der Waals surface area (Å²) in [6.07, 6.45) is 2.84. The summed E-state index contributed by atoms with van der Waals surface area (Å²) in [6, 6.07) is 10.2. The Labute approximate surface area is 106 Å².